The van der Waals surface area contributed by atoms with Gasteiger partial charge in [0.15, 0.2) is 9.84 Å². The molecule has 0 saturated heterocycles. The van der Waals surface area contributed by atoms with E-state index in [1.54, 1.807) is 12.3 Å². The van der Waals surface area contributed by atoms with Gasteiger partial charge in [0.2, 0.25) is 0 Å². The first-order chi connectivity index (χ1) is 7.00. The molecule has 0 aliphatic carbocycles. The maximum absolute atomic E-state index is 11.8. The van der Waals surface area contributed by atoms with Gasteiger partial charge in [0, 0.05) is 11.9 Å². The lowest BCUT2D eigenvalue weighted by atomic mass is 10.1. The zero-order valence-electron chi connectivity index (χ0n) is 9.03. The Bertz CT molecular complexity index is 477. The van der Waals surface area contributed by atoms with Gasteiger partial charge in [-0.2, -0.15) is 0 Å². The molecule has 0 unspecified atom stereocenters. The van der Waals surface area contributed by atoms with Crippen molar-refractivity contribution >= 4 is 9.84 Å². The van der Waals surface area contributed by atoms with Crippen LogP contribution in [0.15, 0.2) is 17.2 Å². The van der Waals surface area contributed by atoms with E-state index in [-0.39, 0.29) is 11.7 Å². The molecule has 2 rings (SSSR count). The Balaban J connectivity index is 2.59. The Hall–Kier alpha value is -0.900. The number of aromatic nitrogens is 1. The molecule has 3 nitrogen and oxygen atoms in total. The lowest BCUT2D eigenvalue weighted by Gasteiger charge is -2.17. The van der Waals surface area contributed by atoms with Crippen molar-refractivity contribution in [3.05, 3.63) is 23.5 Å². The zero-order valence-corrected chi connectivity index (χ0v) is 9.84. The fourth-order valence-electron chi connectivity index (χ4n) is 1.84. The SMILES string of the molecule is CC(C)c1cc2c(cn1)CCCS2(=O)=O. The van der Waals surface area contributed by atoms with Gasteiger partial charge in [-0.25, -0.2) is 8.42 Å². The Kier molecular flexibility index (Phi) is 2.54. The Morgan fingerprint density at radius 3 is 2.80 bits per heavy atom. The fourth-order valence-corrected chi connectivity index (χ4v) is 3.43. The number of hydrogen-bond donors (Lipinski definition) is 0. The molecule has 0 radical (unpaired) electrons. The zero-order chi connectivity index (χ0) is 11.1. The number of fused-ring (bicyclic) bond motifs is 1. The molecular weight excluding hydrogens is 210 g/mol. The van der Waals surface area contributed by atoms with Crippen LogP contribution in [0.25, 0.3) is 0 Å². The Morgan fingerprint density at radius 1 is 1.40 bits per heavy atom. The second-order valence-corrected chi connectivity index (χ2v) is 6.37. The van der Waals surface area contributed by atoms with E-state index in [4.69, 9.17) is 0 Å². The van der Waals surface area contributed by atoms with Crippen LogP contribution in [0.4, 0.5) is 0 Å². The van der Waals surface area contributed by atoms with Crippen molar-refractivity contribution in [1.29, 1.82) is 0 Å². The highest BCUT2D eigenvalue weighted by Crippen LogP contribution is 2.26. The van der Waals surface area contributed by atoms with Crippen LogP contribution >= 0.6 is 0 Å². The quantitative estimate of drug-likeness (QED) is 0.733. The number of pyridine rings is 1. The molecule has 82 valence electrons. The number of aryl methyl sites for hydroxylation is 1. The van der Waals surface area contributed by atoms with Gasteiger partial charge in [-0.3, -0.25) is 4.98 Å². The number of hydrogen-bond acceptors (Lipinski definition) is 3. The largest absolute Gasteiger partial charge is 0.261 e. The van der Waals surface area contributed by atoms with Crippen molar-refractivity contribution in [3.63, 3.8) is 0 Å². The highest BCUT2D eigenvalue weighted by atomic mass is 32.2. The smallest absolute Gasteiger partial charge is 0.178 e. The highest BCUT2D eigenvalue weighted by molar-refractivity contribution is 7.91. The van der Waals surface area contributed by atoms with Gasteiger partial charge >= 0.3 is 0 Å². The molecule has 15 heavy (non-hydrogen) atoms. The van der Waals surface area contributed by atoms with E-state index in [1.165, 1.54) is 0 Å². The molecule has 0 fully saturated rings. The summed E-state index contributed by atoms with van der Waals surface area (Å²) in [4.78, 5) is 4.80. The number of nitrogens with zero attached hydrogens (tertiary/aromatic N) is 1. The monoisotopic (exact) mass is 225 g/mol. The molecule has 1 aromatic rings. The minimum absolute atomic E-state index is 0.271. The summed E-state index contributed by atoms with van der Waals surface area (Å²) in [6, 6.07) is 1.74. The molecule has 0 atom stereocenters. The third-order valence-corrected chi connectivity index (χ3v) is 4.63. The fraction of sp³-hybridized carbons (Fsp3) is 0.545. The van der Waals surface area contributed by atoms with E-state index < -0.39 is 9.84 Å². The van der Waals surface area contributed by atoms with Crippen LogP contribution in [-0.4, -0.2) is 19.2 Å². The summed E-state index contributed by atoms with van der Waals surface area (Å²) in [5, 5.41) is 0. The Morgan fingerprint density at radius 2 is 2.13 bits per heavy atom. The molecule has 0 saturated carbocycles. The molecule has 4 heteroatoms. The topological polar surface area (TPSA) is 47.0 Å². The van der Waals surface area contributed by atoms with Crippen molar-refractivity contribution < 1.29 is 8.42 Å². The third-order valence-electron chi connectivity index (χ3n) is 2.75. The van der Waals surface area contributed by atoms with Gasteiger partial charge in [-0.15, -0.1) is 0 Å². The van der Waals surface area contributed by atoms with Gasteiger partial charge in [0.05, 0.1) is 10.6 Å². The lowest BCUT2D eigenvalue weighted by Crippen LogP contribution is -2.17. The lowest BCUT2D eigenvalue weighted by molar-refractivity contribution is 0.585. The van der Waals surface area contributed by atoms with Crippen LogP contribution in [0.2, 0.25) is 0 Å². The highest BCUT2D eigenvalue weighted by Gasteiger charge is 2.24. The first-order valence-corrected chi connectivity index (χ1v) is 6.87. The molecule has 0 N–H and O–H groups in total. The second-order valence-electron chi connectivity index (χ2n) is 4.29. The molecule has 1 aliphatic heterocycles. The van der Waals surface area contributed by atoms with Crippen molar-refractivity contribution in [1.82, 2.24) is 4.98 Å². The Labute approximate surface area is 90.5 Å². The molecule has 2 heterocycles. The summed E-state index contributed by atoms with van der Waals surface area (Å²) in [6.45, 7) is 4.04. The summed E-state index contributed by atoms with van der Waals surface area (Å²) in [6.07, 6.45) is 3.28. The summed E-state index contributed by atoms with van der Waals surface area (Å²) in [5.74, 6) is 0.550. The van der Waals surface area contributed by atoms with Gasteiger partial charge in [-0.05, 0) is 30.4 Å². The van der Waals surface area contributed by atoms with Crippen LogP contribution in [0.3, 0.4) is 0 Å². The van der Waals surface area contributed by atoms with E-state index in [0.717, 1.165) is 24.1 Å². The van der Waals surface area contributed by atoms with Gasteiger partial charge < -0.3 is 0 Å². The van der Waals surface area contributed by atoms with Crippen LogP contribution in [-0.2, 0) is 16.3 Å². The predicted molar refractivity (Wildman–Crippen MR) is 58.7 cm³/mol. The maximum Gasteiger partial charge on any atom is 0.178 e. The molecule has 0 amide bonds. The molecule has 1 aliphatic rings. The van der Waals surface area contributed by atoms with Crippen LogP contribution in [0.1, 0.15) is 37.4 Å². The normalized spacial score (nSPS) is 18.9. The summed E-state index contributed by atoms with van der Waals surface area (Å²) < 4.78 is 23.6. The van der Waals surface area contributed by atoms with E-state index in [9.17, 15) is 8.42 Å². The van der Waals surface area contributed by atoms with Crippen LogP contribution in [0, 0.1) is 0 Å². The predicted octanol–water partition coefficient (Wildman–Crippen LogP) is 1.92. The molecule has 0 aromatic carbocycles. The summed E-state index contributed by atoms with van der Waals surface area (Å²) in [5.41, 5.74) is 1.74. The summed E-state index contributed by atoms with van der Waals surface area (Å²) >= 11 is 0. The standard InChI is InChI=1S/C11H15NO2S/c1-8(2)10-6-11-9(7-12-10)4-3-5-15(11,13)14/h6-8H,3-5H2,1-2H3. The van der Waals surface area contributed by atoms with Crippen molar-refractivity contribution in [2.75, 3.05) is 5.75 Å². The van der Waals surface area contributed by atoms with E-state index in [2.05, 4.69) is 4.98 Å². The van der Waals surface area contributed by atoms with E-state index in [1.807, 2.05) is 13.8 Å². The van der Waals surface area contributed by atoms with E-state index >= 15 is 0 Å². The first kappa shape index (κ1) is 10.6. The average molecular weight is 225 g/mol. The number of rotatable bonds is 1. The van der Waals surface area contributed by atoms with Crippen LogP contribution < -0.4 is 0 Å². The minimum atomic E-state index is -3.04. The van der Waals surface area contributed by atoms with E-state index in [0.29, 0.717) is 4.90 Å². The molecule has 0 bridgehead atoms. The van der Waals surface area contributed by atoms with Gasteiger partial charge in [0.25, 0.3) is 0 Å². The third kappa shape index (κ3) is 1.91. The van der Waals surface area contributed by atoms with Crippen LogP contribution in [0.5, 0.6) is 0 Å². The summed E-state index contributed by atoms with van der Waals surface area (Å²) in [7, 11) is -3.04. The molecule has 1 aromatic heterocycles. The molecule has 0 spiro atoms. The second kappa shape index (κ2) is 3.59. The van der Waals surface area contributed by atoms with Crippen molar-refractivity contribution in [2.24, 2.45) is 0 Å². The van der Waals surface area contributed by atoms with Gasteiger partial charge in [0.1, 0.15) is 0 Å². The maximum atomic E-state index is 11.8. The van der Waals surface area contributed by atoms with Crippen molar-refractivity contribution in [2.45, 2.75) is 37.5 Å². The average Bonchev–Trinajstić information content (AvgIpc) is 2.17. The first-order valence-electron chi connectivity index (χ1n) is 5.22. The minimum Gasteiger partial charge on any atom is -0.261 e. The van der Waals surface area contributed by atoms with Gasteiger partial charge in [-0.1, -0.05) is 13.8 Å². The number of sulfone groups is 1. The van der Waals surface area contributed by atoms with Crippen molar-refractivity contribution in [3.8, 4) is 0 Å². The molecular formula is C11H15NO2S.